The van der Waals surface area contributed by atoms with Crippen LogP contribution in [0.25, 0.3) is 0 Å². The first-order valence-electron chi connectivity index (χ1n) is 27.6. The van der Waals surface area contributed by atoms with Crippen LogP contribution in [0.15, 0.2) is 0 Å². The number of carboxylic acid groups (broad SMARTS) is 1. The molecule has 4 saturated carbocycles. The van der Waals surface area contributed by atoms with Crippen molar-refractivity contribution >= 4 is 183 Å². The molecule has 21 nitrogen and oxygen atoms in total. The summed E-state index contributed by atoms with van der Waals surface area (Å²) in [4.78, 5) is 126. The number of hydrogen-bond acceptors (Lipinski definition) is 11. The van der Waals surface area contributed by atoms with E-state index in [0.717, 1.165) is 32.1 Å². The fourth-order valence-electron chi connectivity index (χ4n) is 11.4. The van der Waals surface area contributed by atoms with Crippen LogP contribution >= 0.6 is 124 Å². The molecule has 83 heavy (non-hydrogen) atoms. The minimum absolute atomic E-state index is 0. The van der Waals surface area contributed by atoms with Gasteiger partial charge in [0.2, 0.25) is 29.3 Å². The molecule has 9 amide bonds. The molecule has 0 spiro atoms. The van der Waals surface area contributed by atoms with Gasteiger partial charge in [0.15, 0.2) is 0 Å². The van der Waals surface area contributed by atoms with Crippen LogP contribution < -0.4 is 43.8 Å². The molecular weight excluding hydrogens is 1830 g/mol. The van der Waals surface area contributed by atoms with Crippen molar-refractivity contribution < 1.29 is 67.4 Å². The summed E-state index contributed by atoms with van der Waals surface area (Å²) in [7, 11) is 0.628. The summed E-state index contributed by atoms with van der Waals surface area (Å²) in [5.41, 5.74) is 13.3. The van der Waals surface area contributed by atoms with E-state index in [9.17, 15) is 53.1 Å². The summed E-state index contributed by atoms with van der Waals surface area (Å²) < 4.78 is 0. The van der Waals surface area contributed by atoms with Gasteiger partial charge in [0.05, 0.1) is 12.1 Å². The van der Waals surface area contributed by atoms with Gasteiger partial charge >= 0.3 is 132 Å². The number of likely N-dealkylation sites (tertiary alicyclic amines) is 2. The number of nitrogens with one attached hydrogen (secondary N) is 5. The Balaban J connectivity index is 0.000000645. The molecule has 0 aromatic rings. The number of amides is 9. The molecule has 2 heterocycles. The summed E-state index contributed by atoms with van der Waals surface area (Å²) in [6.07, 6.45) is 7.39. The quantitative estimate of drug-likeness (QED) is 0.0551. The number of halogens is 6. The Kier molecular flexibility index (Phi) is 32.8. The molecule has 12 N–H and O–H groups in total. The van der Waals surface area contributed by atoms with Gasteiger partial charge in [-0.15, -0.1) is 24.0 Å². The fraction of sp³-hybridized carbons (Fsp3) is 0.815. The van der Waals surface area contributed by atoms with Crippen LogP contribution in [0.4, 0.5) is 9.59 Å². The van der Waals surface area contributed by atoms with Gasteiger partial charge in [-0.05, 0) is 106 Å². The Labute approximate surface area is 576 Å². The molecule has 2 saturated heterocycles. The van der Waals surface area contributed by atoms with Crippen molar-refractivity contribution in [3.63, 3.8) is 0 Å². The molecular formula is C54H93I6N10O11V2. The van der Waals surface area contributed by atoms with Crippen LogP contribution in [0.2, 0.25) is 0 Å². The van der Waals surface area contributed by atoms with Crippen molar-refractivity contribution in [2.75, 3.05) is 13.1 Å². The van der Waals surface area contributed by atoms with Gasteiger partial charge in [-0.2, -0.15) is 0 Å². The van der Waals surface area contributed by atoms with E-state index in [1.165, 1.54) is 11.3 Å². The summed E-state index contributed by atoms with van der Waals surface area (Å²) in [5, 5.41) is 23.7. The van der Waals surface area contributed by atoms with Gasteiger partial charge in [0.1, 0.15) is 24.2 Å². The molecule has 29 heteroatoms. The summed E-state index contributed by atoms with van der Waals surface area (Å²) in [5.74, 6) is -4.48. The SMILES string of the molecule is CC(C)(C)NC(=O)N[C@H](C(=O)N1CC2[C@@H]([C@H]1C(=O)NC(CC1CCC1)C(=O)C(N)=O)C2(C)C)C(C)(C)C.CC(C)(C)NC(=O)N[C@H](C(=O)N1CC2[C@@H]([C@H]1C(=O)O)C2(C)C)C(C)(C)C.I.NC(=O)C(=O)C(N)CC1CCC1.[I][V]([I])[I].[I][V][I]. The molecule has 6 fully saturated rings. The number of rotatable bonds is 15. The first kappa shape index (κ1) is 81.2. The number of primary amides is 2. The van der Waals surface area contributed by atoms with Crippen molar-refractivity contribution in [2.45, 2.75) is 209 Å². The van der Waals surface area contributed by atoms with Crippen LogP contribution in [0.5, 0.6) is 0 Å². The number of fused-ring (bicyclic) bond motifs is 2. The molecule has 0 bridgehead atoms. The van der Waals surface area contributed by atoms with Gasteiger partial charge in [0, 0.05) is 30.1 Å². The average molecular weight is 1920 g/mol. The molecule has 6 rings (SSSR count). The van der Waals surface area contributed by atoms with Crippen molar-refractivity contribution in [1.82, 2.24) is 36.4 Å². The topological polar surface area (TPSA) is 336 Å². The van der Waals surface area contributed by atoms with E-state index in [0.29, 0.717) is 41.3 Å². The zero-order chi connectivity index (χ0) is 63.7. The van der Waals surface area contributed by atoms with Crippen molar-refractivity contribution in [2.24, 2.45) is 74.4 Å². The summed E-state index contributed by atoms with van der Waals surface area (Å²) >= 11 is 12.1. The third-order valence-corrected chi connectivity index (χ3v) is 16.3. The predicted molar refractivity (Wildman–Crippen MR) is 367 cm³/mol. The molecule has 4 unspecified atom stereocenters. The van der Waals surface area contributed by atoms with E-state index in [-0.39, 0.29) is 81.1 Å². The zero-order valence-electron chi connectivity index (χ0n) is 50.8. The first-order valence-corrected chi connectivity index (χ1v) is 50.1. The van der Waals surface area contributed by atoms with Gasteiger partial charge in [0.25, 0.3) is 11.8 Å². The Hall–Kier alpha value is 0.209. The molecule has 0 aromatic heterocycles. The molecule has 0 aromatic carbocycles. The molecule has 6 aliphatic rings. The second kappa shape index (κ2) is 33.5. The van der Waals surface area contributed by atoms with E-state index in [1.54, 1.807) is 4.90 Å². The van der Waals surface area contributed by atoms with Crippen LogP contribution in [-0.4, -0.2) is 134 Å². The Morgan fingerprint density at radius 1 is 0.602 bits per heavy atom. The molecule has 477 valence electrons. The second-order valence-electron chi connectivity index (χ2n) is 27.9. The maximum atomic E-state index is 13.9. The number of carbonyl (C=O) groups is 10. The van der Waals surface area contributed by atoms with Crippen LogP contribution in [0.1, 0.15) is 162 Å². The third-order valence-electron chi connectivity index (χ3n) is 16.3. The van der Waals surface area contributed by atoms with E-state index in [4.69, 9.17) is 17.2 Å². The van der Waals surface area contributed by atoms with Gasteiger partial charge in [-0.1, -0.05) is 108 Å². The molecule has 4 aliphatic carbocycles. The molecule has 2 aliphatic heterocycles. The number of carbonyl (C=O) groups excluding carboxylic acids is 9. The maximum absolute atomic E-state index is 13.9. The number of urea groups is 2. The Bertz CT molecular complexity index is 2320. The third kappa shape index (κ3) is 24.7. The normalized spacial score (nSPS) is 24.0. The first-order chi connectivity index (χ1) is 37.2. The zero-order valence-corrected chi connectivity index (χ0v) is 66.8. The van der Waals surface area contributed by atoms with Crippen molar-refractivity contribution in [3.05, 3.63) is 0 Å². The van der Waals surface area contributed by atoms with Gasteiger partial charge < -0.3 is 58.7 Å². The summed E-state index contributed by atoms with van der Waals surface area (Å²) in [6, 6.07) is -5.85. The van der Waals surface area contributed by atoms with Crippen molar-refractivity contribution in [3.8, 4) is 0 Å². The monoisotopic (exact) mass is 1920 g/mol. The second-order valence-corrected chi connectivity index (χ2v) is 75.0. The predicted octanol–water partition coefficient (Wildman–Crippen LogP) is 8.38. The van der Waals surface area contributed by atoms with E-state index >= 15 is 0 Å². The number of carboxylic acids is 1. The average Bonchev–Trinajstić information content (AvgIpc) is 3.72. The van der Waals surface area contributed by atoms with Gasteiger partial charge in [-0.25, -0.2) is 14.4 Å². The number of aliphatic carboxylic acids is 1. The summed E-state index contributed by atoms with van der Waals surface area (Å²) in [6.45, 7) is 31.4. The number of nitrogens with two attached hydrogens (primary N) is 3. The minimum atomic E-state index is -1.07. The standard InChI is InChI=1S/C27H45N5O5.C19H33N3O4.C8H14N2O2.6HI.2V/c1-25(2,3)20(30-24(37)31-26(4,5)6)23(36)32-13-15-17(27(15,7)8)18(32)22(35)29-16(19(33)21(28)34)12-14-10-9-11-14;1-17(2,3)13(20-16(26)21-18(4,5)6)14(23)22-9-10-11(19(10,7)8)12(22)15(24)25;9-6(7(11)8(10)12)4-5-2-1-3-5;;;;;;;;/h14-18,20H,9-13H2,1-8H3,(H2,28,34)(H,29,35)(H2,30,31,37);10-13H,9H2,1-8H3,(H,24,25)(H2,20,21,26);5-6H,1-4,9H2,(H2,10,12);6*1H;;/q;;;;;;;;;+2;+3/p-5/t15?,16?,17-,18-,20+;10?,11-,12-,13+;;;;;;;;;/m00........./s1. The number of ketones is 2. The van der Waals surface area contributed by atoms with E-state index in [2.05, 4.69) is 154 Å². The van der Waals surface area contributed by atoms with E-state index in [1.807, 2.05) is 83.1 Å². The van der Waals surface area contributed by atoms with Crippen LogP contribution in [-0.2, 0) is 52.7 Å². The fourth-order valence-corrected chi connectivity index (χ4v) is 11.4. The van der Waals surface area contributed by atoms with Crippen LogP contribution in [0.3, 0.4) is 0 Å². The van der Waals surface area contributed by atoms with Crippen molar-refractivity contribution in [1.29, 1.82) is 0 Å². The van der Waals surface area contributed by atoms with E-state index < -0.39 is 105 Å². The molecule has 0 radical (unpaired) electrons. The number of piperidine rings is 2. The Morgan fingerprint density at radius 2 is 0.928 bits per heavy atom. The Morgan fingerprint density at radius 3 is 1.22 bits per heavy atom. The number of hydrogen-bond donors (Lipinski definition) is 9. The number of Topliss-reactive ketones (excluding diaryl/α,β-unsaturated/α-hetero) is 2. The van der Waals surface area contributed by atoms with Gasteiger partial charge in [-0.3, -0.25) is 33.6 Å². The molecule has 10 atom stereocenters. The number of nitrogens with zero attached hydrogens (tertiary/aromatic N) is 2. The van der Waals surface area contributed by atoms with Crippen LogP contribution in [0, 0.1) is 57.2 Å².